The molecule has 4 heteroatoms. The van der Waals surface area contributed by atoms with Crippen LogP contribution in [0.2, 0.25) is 5.02 Å². The fraction of sp³-hybridized carbons (Fsp3) is 0.278. The summed E-state index contributed by atoms with van der Waals surface area (Å²) in [5.74, 6) is 0.436. The van der Waals surface area contributed by atoms with Gasteiger partial charge in [0.05, 0.1) is 0 Å². The first kappa shape index (κ1) is 16.1. The number of hydrogen-bond acceptors (Lipinski definition) is 2. The van der Waals surface area contributed by atoms with Crippen LogP contribution in [-0.4, -0.2) is 22.9 Å². The van der Waals surface area contributed by atoms with Crippen LogP contribution in [0.25, 0.3) is 0 Å². The summed E-state index contributed by atoms with van der Waals surface area (Å²) in [7, 11) is 1.71. The van der Waals surface area contributed by atoms with Gasteiger partial charge < -0.3 is 0 Å². The Morgan fingerprint density at radius 1 is 1.18 bits per heavy atom. The molecule has 114 valence electrons. The van der Waals surface area contributed by atoms with Crippen molar-refractivity contribution in [3.8, 4) is 0 Å². The molecule has 0 saturated heterocycles. The molecule has 2 aromatic rings. The van der Waals surface area contributed by atoms with Crippen molar-refractivity contribution in [2.24, 2.45) is 5.92 Å². The third kappa shape index (κ3) is 2.53. The molecule has 0 heterocycles. The van der Waals surface area contributed by atoms with E-state index >= 15 is 0 Å². The van der Waals surface area contributed by atoms with Gasteiger partial charge in [-0.25, -0.2) is 0 Å². The molecule has 1 aliphatic carbocycles. The maximum atomic E-state index is 10.2. The van der Waals surface area contributed by atoms with E-state index in [0.717, 1.165) is 9.11 Å². The van der Waals surface area contributed by atoms with E-state index in [4.69, 9.17) is 16.3 Å². The summed E-state index contributed by atoms with van der Waals surface area (Å²) in [6.07, 6.45) is 0. The standard InChI is InChI=1S/C18H17ClO2.W/c1-21-11-16-17(13-7-9-15(19)10-8-13)18(16,12-20)14-5-3-2-4-6-14;/h2-10,16-17,20H,12H2,1H3;/t16-,17-,18-;/m1./s1. The van der Waals surface area contributed by atoms with Gasteiger partial charge in [-0.15, -0.1) is 0 Å². The fourth-order valence-corrected chi connectivity index (χ4v) is 4.84. The Hall–Kier alpha value is -0.792. The number of halogens is 1. The van der Waals surface area contributed by atoms with Crippen molar-refractivity contribution in [3.05, 3.63) is 70.7 Å². The van der Waals surface area contributed by atoms with E-state index in [2.05, 4.69) is 24.3 Å². The Morgan fingerprint density at radius 2 is 1.82 bits per heavy atom. The molecule has 2 aromatic carbocycles. The number of ether oxygens (including phenoxy) is 1. The summed E-state index contributed by atoms with van der Waals surface area (Å²) >= 11 is 7.32. The van der Waals surface area contributed by atoms with Gasteiger partial charge in [0.2, 0.25) is 0 Å². The van der Waals surface area contributed by atoms with Crippen LogP contribution < -0.4 is 0 Å². The summed E-state index contributed by atoms with van der Waals surface area (Å²) < 4.78 is 6.58. The molecule has 0 spiro atoms. The average molecular weight is 485 g/mol. The molecule has 0 aliphatic heterocycles. The minimum absolute atomic E-state index is 0.106. The maximum absolute atomic E-state index is 10.2. The molecule has 0 unspecified atom stereocenters. The summed E-state index contributed by atoms with van der Waals surface area (Å²) in [6.45, 7) is 0.106. The second-order valence-corrected chi connectivity index (χ2v) is 7.48. The summed E-state index contributed by atoms with van der Waals surface area (Å²) in [4.78, 5) is 0. The first-order valence-corrected chi connectivity index (χ1v) is 8.99. The van der Waals surface area contributed by atoms with Gasteiger partial charge in [0.15, 0.2) is 0 Å². The molecule has 0 amide bonds. The van der Waals surface area contributed by atoms with Crippen molar-refractivity contribution in [2.75, 3.05) is 13.7 Å². The molecule has 1 aliphatic rings. The van der Waals surface area contributed by atoms with Gasteiger partial charge in [0.25, 0.3) is 0 Å². The number of aliphatic hydroxyl groups is 1. The SMILES string of the molecule is CO[C](=[W])[C@@H]1[C@@H](c2ccc(Cl)cc2)[C@]1(CO)c1ccccc1. The number of methoxy groups -OCH3 is 1. The number of aliphatic hydroxyl groups excluding tert-OH is 1. The second kappa shape index (κ2) is 6.37. The summed E-state index contributed by atoms with van der Waals surface area (Å²) in [6, 6.07) is 18.2. The first-order valence-electron chi connectivity index (χ1n) is 7.15. The molecule has 1 fully saturated rings. The molecule has 0 radical (unpaired) electrons. The molecule has 22 heavy (non-hydrogen) atoms. The van der Waals surface area contributed by atoms with Crippen LogP contribution in [0.3, 0.4) is 0 Å². The second-order valence-electron chi connectivity index (χ2n) is 5.59. The van der Waals surface area contributed by atoms with E-state index in [1.807, 2.05) is 30.3 Å². The predicted octanol–water partition coefficient (Wildman–Crippen LogP) is 3.31. The Bertz CT molecular complexity index is 671. The summed E-state index contributed by atoms with van der Waals surface area (Å²) in [5, 5.41) is 11.0. The van der Waals surface area contributed by atoms with Gasteiger partial charge in [0.1, 0.15) is 0 Å². The molecule has 0 bridgehead atoms. The van der Waals surface area contributed by atoms with Crippen molar-refractivity contribution in [2.45, 2.75) is 11.3 Å². The molecule has 0 aromatic heterocycles. The molecule has 2 nitrogen and oxygen atoms in total. The van der Waals surface area contributed by atoms with Gasteiger partial charge in [-0.2, -0.15) is 0 Å². The molecule has 3 atom stereocenters. The van der Waals surface area contributed by atoms with Crippen molar-refractivity contribution in [1.82, 2.24) is 0 Å². The Morgan fingerprint density at radius 3 is 2.36 bits per heavy atom. The van der Waals surface area contributed by atoms with Gasteiger partial charge in [-0.3, -0.25) is 0 Å². The topological polar surface area (TPSA) is 29.5 Å². The third-order valence-electron chi connectivity index (χ3n) is 4.59. The molecular formula is C18H17ClO2W. The van der Waals surface area contributed by atoms with E-state index in [1.165, 1.54) is 30.5 Å². The van der Waals surface area contributed by atoms with Crippen LogP contribution in [-0.2, 0) is 29.5 Å². The average Bonchev–Trinajstić information content (AvgIpc) is 3.26. The first-order chi connectivity index (χ1) is 10.6. The van der Waals surface area contributed by atoms with Gasteiger partial charge >= 0.3 is 147 Å². The predicted molar refractivity (Wildman–Crippen MR) is 84.9 cm³/mol. The van der Waals surface area contributed by atoms with Gasteiger partial charge in [-0.1, -0.05) is 0 Å². The van der Waals surface area contributed by atoms with E-state index in [-0.39, 0.29) is 23.9 Å². The van der Waals surface area contributed by atoms with Gasteiger partial charge in [-0.05, 0) is 0 Å². The Labute approximate surface area is 146 Å². The molecule has 3 rings (SSSR count). The molecule has 1 saturated carbocycles. The molecular weight excluding hydrogens is 467 g/mol. The Balaban J connectivity index is 2.07. The Kier molecular flexibility index (Phi) is 4.66. The van der Waals surface area contributed by atoms with Crippen molar-refractivity contribution in [3.63, 3.8) is 0 Å². The third-order valence-corrected chi connectivity index (χ3v) is 6.35. The fourth-order valence-electron chi connectivity index (χ4n) is 3.47. The van der Waals surface area contributed by atoms with Gasteiger partial charge in [0, 0.05) is 0 Å². The number of benzene rings is 2. The van der Waals surface area contributed by atoms with E-state index in [1.54, 1.807) is 7.11 Å². The zero-order valence-corrected chi connectivity index (χ0v) is 15.9. The van der Waals surface area contributed by atoms with E-state index < -0.39 is 0 Å². The van der Waals surface area contributed by atoms with Crippen LogP contribution >= 0.6 is 11.6 Å². The summed E-state index contributed by atoms with van der Waals surface area (Å²) in [5.41, 5.74) is 2.07. The van der Waals surface area contributed by atoms with Crippen LogP contribution in [0.1, 0.15) is 17.0 Å². The van der Waals surface area contributed by atoms with Crippen molar-refractivity contribution >= 4 is 15.7 Å². The van der Waals surface area contributed by atoms with Crippen molar-refractivity contribution in [1.29, 1.82) is 0 Å². The van der Waals surface area contributed by atoms with Crippen LogP contribution in [0.15, 0.2) is 54.6 Å². The van der Waals surface area contributed by atoms with E-state index in [9.17, 15) is 5.11 Å². The molecule has 1 N–H and O–H groups in total. The zero-order valence-electron chi connectivity index (χ0n) is 12.2. The van der Waals surface area contributed by atoms with Crippen LogP contribution in [0, 0.1) is 5.92 Å². The van der Waals surface area contributed by atoms with Crippen LogP contribution in [0.4, 0.5) is 0 Å². The zero-order chi connectivity index (χ0) is 15.7. The number of rotatable bonds is 5. The minimum atomic E-state index is -0.290. The van der Waals surface area contributed by atoms with Crippen molar-refractivity contribution < 1.29 is 29.2 Å². The van der Waals surface area contributed by atoms with E-state index in [0.29, 0.717) is 0 Å². The normalized spacial score (nSPS) is 26.7. The monoisotopic (exact) mass is 484 g/mol. The van der Waals surface area contributed by atoms with Crippen LogP contribution in [0.5, 0.6) is 0 Å². The number of hydrogen-bond donors (Lipinski definition) is 1. The quantitative estimate of drug-likeness (QED) is 0.706.